The van der Waals surface area contributed by atoms with Crippen LogP contribution in [0.4, 0.5) is 19.0 Å². The van der Waals surface area contributed by atoms with E-state index in [2.05, 4.69) is 9.97 Å². The van der Waals surface area contributed by atoms with Crippen molar-refractivity contribution in [1.29, 1.82) is 0 Å². The molecule has 0 bridgehead atoms. The predicted molar refractivity (Wildman–Crippen MR) is 57.2 cm³/mol. The molecule has 0 aromatic carbocycles. The van der Waals surface area contributed by atoms with Gasteiger partial charge in [-0.05, 0) is 0 Å². The Bertz CT molecular complexity index is 502. The van der Waals surface area contributed by atoms with Gasteiger partial charge in [0, 0.05) is 11.8 Å². The highest BCUT2D eigenvalue weighted by Gasteiger charge is 2.45. The Morgan fingerprint density at radius 1 is 1.61 bits per heavy atom. The zero-order chi connectivity index (χ0) is 13.9. The second-order valence-electron chi connectivity index (χ2n) is 3.22. The molecule has 0 aliphatic heterocycles. The summed E-state index contributed by atoms with van der Waals surface area (Å²) < 4.78 is 37.0. The van der Waals surface area contributed by atoms with Gasteiger partial charge in [-0.2, -0.15) is 13.2 Å². The van der Waals surface area contributed by atoms with Crippen LogP contribution in [0.3, 0.4) is 0 Å². The number of aromatic nitrogens is 2. The van der Waals surface area contributed by atoms with E-state index in [0.29, 0.717) is 11.8 Å². The van der Waals surface area contributed by atoms with Crippen molar-refractivity contribution in [1.82, 2.24) is 9.97 Å². The lowest BCUT2D eigenvalue weighted by atomic mass is 10.2. The minimum atomic E-state index is -4.86. The van der Waals surface area contributed by atoms with Gasteiger partial charge in [-0.1, -0.05) is 11.8 Å². The zero-order valence-corrected chi connectivity index (χ0v) is 9.51. The SMILES string of the molecule is Nc1cc(=O)[nH]c(SCC(C(=O)O)C(F)(F)F)n1. The highest BCUT2D eigenvalue weighted by Crippen LogP contribution is 2.30. The Kier molecular flexibility index (Phi) is 4.22. The summed E-state index contributed by atoms with van der Waals surface area (Å²) in [5.74, 6) is -5.47. The van der Waals surface area contributed by atoms with E-state index in [9.17, 15) is 22.8 Å². The van der Waals surface area contributed by atoms with Gasteiger partial charge in [-0.15, -0.1) is 0 Å². The minimum Gasteiger partial charge on any atom is -0.481 e. The maximum Gasteiger partial charge on any atom is 0.403 e. The Morgan fingerprint density at radius 2 is 2.22 bits per heavy atom. The average Bonchev–Trinajstić information content (AvgIpc) is 2.12. The van der Waals surface area contributed by atoms with Gasteiger partial charge < -0.3 is 15.8 Å². The number of aliphatic carboxylic acids is 1. The lowest BCUT2D eigenvalue weighted by Gasteiger charge is -2.14. The quantitative estimate of drug-likeness (QED) is 0.554. The number of rotatable bonds is 4. The van der Waals surface area contributed by atoms with Crippen molar-refractivity contribution in [2.45, 2.75) is 11.3 Å². The highest BCUT2D eigenvalue weighted by atomic mass is 32.2. The summed E-state index contributed by atoms with van der Waals surface area (Å²) in [5.41, 5.74) is 4.61. The molecule has 1 atom stereocenters. The van der Waals surface area contributed by atoms with Crippen molar-refractivity contribution in [3.63, 3.8) is 0 Å². The molecule has 4 N–H and O–H groups in total. The topological polar surface area (TPSA) is 109 Å². The fraction of sp³-hybridized carbons (Fsp3) is 0.375. The minimum absolute atomic E-state index is 0.153. The molecule has 0 saturated carbocycles. The molecule has 0 saturated heterocycles. The van der Waals surface area contributed by atoms with Crippen molar-refractivity contribution in [2.75, 3.05) is 11.5 Å². The van der Waals surface area contributed by atoms with E-state index in [1.54, 1.807) is 0 Å². The van der Waals surface area contributed by atoms with Gasteiger partial charge in [0.15, 0.2) is 11.1 Å². The molecule has 0 radical (unpaired) electrons. The maximum atomic E-state index is 12.3. The molecular weight excluding hydrogens is 275 g/mol. The van der Waals surface area contributed by atoms with E-state index in [-0.39, 0.29) is 11.0 Å². The van der Waals surface area contributed by atoms with E-state index in [1.807, 2.05) is 0 Å². The molecule has 10 heteroatoms. The molecule has 0 spiro atoms. The van der Waals surface area contributed by atoms with Crippen LogP contribution in [0, 0.1) is 5.92 Å². The van der Waals surface area contributed by atoms with E-state index >= 15 is 0 Å². The van der Waals surface area contributed by atoms with E-state index in [4.69, 9.17) is 10.8 Å². The molecule has 0 fully saturated rings. The number of nitrogen functional groups attached to an aromatic ring is 1. The number of carboxylic acids is 1. The van der Waals surface area contributed by atoms with Crippen LogP contribution >= 0.6 is 11.8 Å². The standard InChI is InChI=1S/C8H8F3N3O3S/c9-8(10,11)3(6(16)17)2-18-7-13-4(12)1-5(15)14-7/h1,3H,2H2,(H,16,17)(H3,12,13,14,15). The maximum absolute atomic E-state index is 12.3. The number of thioether (sulfide) groups is 1. The summed E-state index contributed by atoms with van der Waals surface area (Å²) in [7, 11) is 0. The molecule has 0 amide bonds. The number of carboxylic acid groups (broad SMARTS) is 1. The summed E-state index contributed by atoms with van der Waals surface area (Å²) in [6, 6.07) is 0.961. The third kappa shape index (κ3) is 3.95. The first-order valence-electron chi connectivity index (χ1n) is 4.49. The van der Waals surface area contributed by atoms with Gasteiger partial charge in [0.1, 0.15) is 5.82 Å². The smallest absolute Gasteiger partial charge is 0.403 e. The molecule has 1 rings (SSSR count). The Morgan fingerprint density at radius 3 is 2.67 bits per heavy atom. The number of H-pyrrole nitrogens is 1. The fourth-order valence-electron chi connectivity index (χ4n) is 0.990. The van der Waals surface area contributed by atoms with E-state index < -0.39 is 29.4 Å². The van der Waals surface area contributed by atoms with E-state index in [1.165, 1.54) is 0 Å². The number of halogens is 3. The lowest BCUT2D eigenvalue weighted by Crippen LogP contribution is -2.32. The Labute approximate surface area is 102 Å². The molecule has 6 nitrogen and oxygen atoms in total. The first-order chi connectivity index (χ1) is 8.20. The van der Waals surface area contributed by atoms with Crippen molar-refractivity contribution in [3.05, 3.63) is 16.4 Å². The molecular formula is C8H8F3N3O3S. The molecule has 18 heavy (non-hydrogen) atoms. The Balaban J connectivity index is 2.79. The van der Waals surface area contributed by atoms with Crippen LogP contribution in [0.15, 0.2) is 16.0 Å². The molecule has 0 aliphatic rings. The summed E-state index contributed by atoms with van der Waals surface area (Å²) in [5, 5.41) is 8.29. The van der Waals surface area contributed by atoms with Crippen LogP contribution in [0.25, 0.3) is 0 Å². The second-order valence-corrected chi connectivity index (χ2v) is 4.23. The van der Waals surface area contributed by atoms with Gasteiger partial charge in [0.05, 0.1) is 0 Å². The second kappa shape index (κ2) is 5.29. The molecule has 1 unspecified atom stereocenters. The van der Waals surface area contributed by atoms with Crippen LogP contribution in [-0.4, -0.2) is 33.0 Å². The van der Waals surface area contributed by atoms with Crippen molar-refractivity contribution in [2.24, 2.45) is 5.92 Å². The number of aromatic amines is 1. The number of hydrogen-bond acceptors (Lipinski definition) is 5. The largest absolute Gasteiger partial charge is 0.481 e. The van der Waals surface area contributed by atoms with Crippen molar-refractivity contribution >= 4 is 23.5 Å². The van der Waals surface area contributed by atoms with E-state index in [0.717, 1.165) is 6.07 Å². The van der Waals surface area contributed by atoms with Crippen molar-refractivity contribution in [3.8, 4) is 0 Å². The number of carbonyl (C=O) groups is 1. The first kappa shape index (κ1) is 14.4. The summed E-state index contributed by atoms with van der Waals surface area (Å²) in [4.78, 5) is 27.1. The van der Waals surface area contributed by atoms with Gasteiger partial charge in [-0.25, -0.2) is 4.98 Å². The lowest BCUT2D eigenvalue weighted by molar-refractivity contribution is -0.188. The number of nitrogens with one attached hydrogen (secondary N) is 1. The third-order valence-corrected chi connectivity index (χ3v) is 2.79. The normalized spacial score (nSPS) is 13.3. The van der Waals surface area contributed by atoms with Crippen LogP contribution in [0.2, 0.25) is 0 Å². The molecule has 1 heterocycles. The molecule has 1 aromatic heterocycles. The van der Waals surface area contributed by atoms with Crippen LogP contribution in [0.5, 0.6) is 0 Å². The number of anilines is 1. The summed E-state index contributed by atoms with van der Waals surface area (Å²) in [6.07, 6.45) is -4.86. The number of nitrogens with zero attached hydrogens (tertiary/aromatic N) is 1. The van der Waals surface area contributed by atoms with Gasteiger partial charge in [-0.3, -0.25) is 9.59 Å². The summed E-state index contributed by atoms with van der Waals surface area (Å²) >= 11 is 0.465. The zero-order valence-electron chi connectivity index (χ0n) is 8.69. The monoisotopic (exact) mass is 283 g/mol. The van der Waals surface area contributed by atoms with Gasteiger partial charge in [0.25, 0.3) is 5.56 Å². The average molecular weight is 283 g/mol. The first-order valence-corrected chi connectivity index (χ1v) is 5.48. The molecule has 100 valence electrons. The van der Waals surface area contributed by atoms with Crippen LogP contribution < -0.4 is 11.3 Å². The number of alkyl halides is 3. The van der Waals surface area contributed by atoms with Crippen LogP contribution in [0.1, 0.15) is 0 Å². The Hall–Kier alpha value is -1.71. The fourth-order valence-corrected chi connectivity index (χ4v) is 1.99. The number of hydrogen-bond donors (Lipinski definition) is 3. The van der Waals surface area contributed by atoms with Crippen molar-refractivity contribution < 1.29 is 23.1 Å². The molecule has 0 aliphatic carbocycles. The highest BCUT2D eigenvalue weighted by molar-refractivity contribution is 7.99. The predicted octanol–water partition coefficient (Wildman–Crippen LogP) is 0.707. The number of nitrogens with two attached hydrogens (primary N) is 1. The molecule has 1 aromatic rings. The van der Waals surface area contributed by atoms with Gasteiger partial charge >= 0.3 is 12.1 Å². The third-order valence-electron chi connectivity index (χ3n) is 1.82. The van der Waals surface area contributed by atoms with Gasteiger partial charge in [0.2, 0.25) is 0 Å². The summed E-state index contributed by atoms with van der Waals surface area (Å²) in [6.45, 7) is 0. The van der Waals surface area contributed by atoms with Crippen LogP contribution in [-0.2, 0) is 4.79 Å².